The molecule has 2 N–H and O–H groups in total. The van der Waals surface area contributed by atoms with Gasteiger partial charge < -0.3 is 10.5 Å². The lowest BCUT2D eigenvalue weighted by Crippen LogP contribution is -2.19. The molecule has 0 radical (unpaired) electrons. The predicted molar refractivity (Wildman–Crippen MR) is 74.6 cm³/mol. The van der Waals surface area contributed by atoms with E-state index in [-0.39, 0.29) is 5.82 Å². The van der Waals surface area contributed by atoms with Gasteiger partial charge in [0.15, 0.2) is 0 Å². The first-order valence-corrected chi connectivity index (χ1v) is 6.68. The van der Waals surface area contributed by atoms with Crippen molar-refractivity contribution in [2.24, 2.45) is 5.73 Å². The molecule has 0 spiro atoms. The summed E-state index contributed by atoms with van der Waals surface area (Å²) >= 11 is 3.40. The summed E-state index contributed by atoms with van der Waals surface area (Å²) < 4.78 is 21.5. The molecule has 1 unspecified atom stereocenters. The minimum atomic E-state index is -0.581. The zero-order valence-electron chi connectivity index (χ0n) is 10.7. The number of hydrogen-bond donors (Lipinski definition) is 1. The van der Waals surface area contributed by atoms with Gasteiger partial charge in [0.25, 0.3) is 0 Å². The van der Waals surface area contributed by atoms with Crippen molar-refractivity contribution in [3.8, 4) is 5.75 Å². The number of nitrogens with zero attached hydrogens (tertiary/aromatic N) is 2. The standard InChI is InChI=1S/C13H15BrFN3O/c1-3-18-13(10(14)7-17-18)12(16)9-5-4-8(19-2)6-11(9)15/h4-7,12H,3,16H2,1-2H3. The van der Waals surface area contributed by atoms with Gasteiger partial charge in [0, 0.05) is 18.2 Å². The molecule has 0 fully saturated rings. The normalized spacial score (nSPS) is 12.5. The summed E-state index contributed by atoms with van der Waals surface area (Å²) in [6.45, 7) is 2.63. The molecule has 0 saturated heterocycles. The van der Waals surface area contributed by atoms with E-state index in [0.29, 0.717) is 17.9 Å². The van der Waals surface area contributed by atoms with Crippen LogP contribution in [0.5, 0.6) is 5.75 Å². The third kappa shape index (κ3) is 2.64. The van der Waals surface area contributed by atoms with Crippen molar-refractivity contribution in [3.63, 3.8) is 0 Å². The molecule has 1 heterocycles. The Morgan fingerprint density at radius 3 is 2.84 bits per heavy atom. The van der Waals surface area contributed by atoms with Crippen LogP contribution in [0.2, 0.25) is 0 Å². The van der Waals surface area contributed by atoms with E-state index in [1.807, 2.05) is 6.92 Å². The van der Waals surface area contributed by atoms with Crippen LogP contribution in [0.3, 0.4) is 0 Å². The summed E-state index contributed by atoms with van der Waals surface area (Å²) in [5, 5.41) is 4.19. The Hall–Kier alpha value is -1.40. The zero-order valence-corrected chi connectivity index (χ0v) is 12.3. The van der Waals surface area contributed by atoms with Gasteiger partial charge in [-0.05, 0) is 28.9 Å². The molecule has 0 saturated carbocycles. The summed E-state index contributed by atoms with van der Waals surface area (Å²) in [6, 6.07) is 4.08. The first-order valence-electron chi connectivity index (χ1n) is 5.88. The van der Waals surface area contributed by atoms with Gasteiger partial charge in [-0.1, -0.05) is 6.07 Å². The molecule has 1 aromatic carbocycles. The highest BCUT2D eigenvalue weighted by Crippen LogP contribution is 2.29. The Morgan fingerprint density at radius 1 is 1.53 bits per heavy atom. The molecule has 0 amide bonds. The number of methoxy groups -OCH3 is 1. The summed E-state index contributed by atoms with van der Waals surface area (Å²) in [5.74, 6) is 0.0825. The Morgan fingerprint density at radius 2 is 2.26 bits per heavy atom. The van der Waals surface area contributed by atoms with Gasteiger partial charge in [0.05, 0.1) is 29.5 Å². The third-order valence-corrected chi connectivity index (χ3v) is 3.58. The molecule has 2 rings (SSSR count). The maximum absolute atomic E-state index is 14.0. The number of halogens is 2. The first-order chi connectivity index (χ1) is 9.08. The Balaban J connectivity index is 2.43. The molecular weight excluding hydrogens is 313 g/mol. The van der Waals surface area contributed by atoms with E-state index in [1.165, 1.54) is 13.2 Å². The highest BCUT2D eigenvalue weighted by Gasteiger charge is 2.20. The molecule has 19 heavy (non-hydrogen) atoms. The Kier molecular flexibility index (Phi) is 4.21. The average molecular weight is 328 g/mol. The van der Waals surface area contributed by atoms with Crippen molar-refractivity contribution in [1.82, 2.24) is 9.78 Å². The van der Waals surface area contributed by atoms with Gasteiger partial charge in [-0.2, -0.15) is 5.10 Å². The third-order valence-electron chi connectivity index (χ3n) is 2.97. The molecule has 6 heteroatoms. The molecule has 2 aromatic rings. The summed E-state index contributed by atoms with van der Waals surface area (Å²) in [7, 11) is 1.50. The monoisotopic (exact) mass is 327 g/mol. The second-order valence-electron chi connectivity index (χ2n) is 4.06. The zero-order chi connectivity index (χ0) is 14.0. The van der Waals surface area contributed by atoms with E-state index < -0.39 is 6.04 Å². The van der Waals surface area contributed by atoms with E-state index >= 15 is 0 Å². The maximum Gasteiger partial charge on any atom is 0.132 e. The van der Waals surface area contributed by atoms with Gasteiger partial charge in [-0.3, -0.25) is 4.68 Å². The molecule has 0 bridgehead atoms. The minimum absolute atomic E-state index is 0.386. The molecule has 4 nitrogen and oxygen atoms in total. The van der Waals surface area contributed by atoms with Crippen LogP contribution in [-0.2, 0) is 6.54 Å². The summed E-state index contributed by atoms with van der Waals surface area (Å²) in [6.07, 6.45) is 1.67. The molecule has 1 aromatic heterocycles. The molecule has 102 valence electrons. The summed E-state index contributed by atoms with van der Waals surface area (Å²) in [5.41, 5.74) is 7.33. The van der Waals surface area contributed by atoms with Crippen molar-refractivity contribution in [3.05, 3.63) is 45.9 Å². The molecule has 0 aliphatic rings. The second kappa shape index (κ2) is 5.71. The fourth-order valence-corrected chi connectivity index (χ4v) is 2.51. The molecule has 0 aliphatic carbocycles. The van der Waals surface area contributed by atoms with E-state index in [0.717, 1.165) is 10.2 Å². The number of rotatable bonds is 4. The van der Waals surface area contributed by atoms with Gasteiger partial charge in [0.2, 0.25) is 0 Å². The highest BCUT2D eigenvalue weighted by molar-refractivity contribution is 9.10. The quantitative estimate of drug-likeness (QED) is 0.939. The SMILES string of the molecule is CCn1ncc(Br)c1C(N)c1ccc(OC)cc1F. The number of ether oxygens (including phenoxy) is 1. The first kappa shape index (κ1) is 14.0. The fourth-order valence-electron chi connectivity index (χ4n) is 1.97. The second-order valence-corrected chi connectivity index (χ2v) is 4.91. The number of nitrogens with two attached hydrogens (primary N) is 1. The van der Waals surface area contributed by atoms with Crippen molar-refractivity contribution >= 4 is 15.9 Å². The molecule has 1 atom stereocenters. The van der Waals surface area contributed by atoms with Crippen molar-refractivity contribution in [1.29, 1.82) is 0 Å². The van der Waals surface area contributed by atoms with Crippen LogP contribution in [0, 0.1) is 5.82 Å². The lowest BCUT2D eigenvalue weighted by Gasteiger charge is -2.16. The van der Waals surface area contributed by atoms with E-state index in [4.69, 9.17) is 10.5 Å². The number of aromatic nitrogens is 2. The fraction of sp³-hybridized carbons (Fsp3) is 0.308. The van der Waals surface area contributed by atoms with Crippen LogP contribution < -0.4 is 10.5 Å². The number of aryl methyl sites for hydroxylation is 1. The average Bonchev–Trinajstić information content (AvgIpc) is 2.78. The largest absolute Gasteiger partial charge is 0.497 e. The van der Waals surface area contributed by atoms with E-state index in [2.05, 4.69) is 21.0 Å². The summed E-state index contributed by atoms with van der Waals surface area (Å²) in [4.78, 5) is 0. The topological polar surface area (TPSA) is 53.1 Å². The number of benzene rings is 1. The maximum atomic E-state index is 14.0. The van der Waals surface area contributed by atoms with Crippen LogP contribution in [-0.4, -0.2) is 16.9 Å². The minimum Gasteiger partial charge on any atom is -0.497 e. The van der Waals surface area contributed by atoms with Gasteiger partial charge in [-0.25, -0.2) is 4.39 Å². The van der Waals surface area contributed by atoms with Crippen molar-refractivity contribution in [2.75, 3.05) is 7.11 Å². The van der Waals surface area contributed by atoms with Crippen LogP contribution >= 0.6 is 15.9 Å². The smallest absolute Gasteiger partial charge is 0.132 e. The van der Waals surface area contributed by atoms with E-state index in [9.17, 15) is 4.39 Å². The van der Waals surface area contributed by atoms with Crippen LogP contribution in [0.4, 0.5) is 4.39 Å². The molecular formula is C13H15BrFN3O. The van der Waals surface area contributed by atoms with Gasteiger partial charge >= 0.3 is 0 Å². The van der Waals surface area contributed by atoms with Crippen LogP contribution in [0.25, 0.3) is 0 Å². The highest BCUT2D eigenvalue weighted by atomic mass is 79.9. The lowest BCUT2D eigenvalue weighted by molar-refractivity contribution is 0.410. The van der Waals surface area contributed by atoms with Crippen LogP contribution in [0.1, 0.15) is 24.2 Å². The predicted octanol–water partition coefficient (Wildman–Crippen LogP) is 2.86. The number of hydrogen-bond acceptors (Lipinski definition) is 3. The van der Waals surface area contributed by atoms with Gasteiger partial charge in [0.1, 0.15) is 11.6 Å². The van der Waals surface area contributed by atoms with Gasteiger partial charge in [-0.15, -0.1) is 0 Å². The van der Waals surface area contributed by atoms with Crippen molar-refractivity contribution < 1.29 is 9.13 Å². The molecule has 0 aliphatic heterocycles. The van der Waals surface area contributed by atoms with E-state index in [1.54, 1.807) is 23.0 Å². The Bertz CT molecular complexity index is 585. The van der Waals surface area contributed by atoms with Crippen molar-refractivity contribution in [2.45, 2.75) is 19.5 Å². The lowest BCUT2D eigenvalue weighted by atomic mass is 10.0. The Labute approximate surface area is 119 Å². The van der Waals surface area contributed by atoms with Crippen LogP contribution in [0.15, 0.2) is 28.9 Å².